The van der Waals surface area contributed by atoms with Gasteiger partial charge in [0.1, 0.15) is 0 Å². The van der Waals surface area contributed by atoms with Gasteiger partial charge in [0.2, 0.25) is 5.95 Å². The van der Waals surface area contributed by atoms with Crippen molar-refractivity contribution in [2.45, 2.75) is 24.8 Å². The minimum Gasteiger partial charge on any atom is -0.309 e. The summed E-state index contributed by atoms with van der Waals surface area (Å²) in [5.41, 5.74) is 4.21. The minimum atomic E-state index is 0.196. The molecular formula is C22H23N5. The van der Waals surface area contributed by atoms with Gasteiger partial charge in [-0.3, -0.25) is 9.88 Å². The van der Waals surface area contributed by atoms with Crippen LogP contribution in [-0.2, 0) is 12.0 Å². The third kappa shape index (κ3) is 2.98. The van der Waals surface area contributed by atoms with E-state index >= 15 is 0 Å². The fourth-order valence-corrected chi connectivity index (χ4v) is 4.56. The number of aromatic nitrogens is 3. The van der Waals surface area contributed by atoms with Gasteiger partial charge in [-0.25, -0.2) is 9.97 Å². The summed E-state index contributed by atoms with van der Waals surface area (Å²) in [7, 11) is 0. The van der Waals surface area contributed by atoms with Crippen molar-refractivity contribution in [3.05, 3.63) is 78.4 Å². The lowest BCUT2D eigenvalue weighted by Gasteiger charge is -2.40. The van der Waals surface area contributed by atoms with Gasteiger partial charge < -0.3 is 4.90 Å². The molecule has 2 aliphatic rings. The van der Waals surface area contributed by atoms with Gasteiger partial charge in [-0.15, -0.1) is 0 Å². The van der Waals surface area contributed by atoms with E-state index in [4.69, 9.17) is 0 Å². The molecular weight excluding hydrogens is 334 g/mol. The van der Waals surface area contributed by atoms with Crippen LogP contribution in [0.25, 0.3) is 0 Å². The zero-order chi connectivity index (χ0) is 18.1. The van der Waals surface area contributed by atoms with Crippen LogP contribution < -0.4 is 4.90 Å². The monoisotopic (exact) mass is 357 g/mol. The number of fused-ring (bicyclic) bond motifs is 2. The van der Waals surface area contributed by atoms with Crippen molar-refractivity contribution >= 4 is 11.6 Å². The molecule has 0 unspecified atom stereocenters. The Labute approximate surface area is 159 Å². The Morgan fingerprint density at radius 3 is 2.48 bits per heavy atom. The van der Waals surface area contributed by atoms with Crippen LogP contribution in [0.5, 0.6) is 0 Å². The van der Waals surface area contributed by atoms with E-state index in [0.717, 1.165) is 45.0 Å². The van der Waals surface area contributed by atoms with Gasteiger partial charge >= 0.3 is 0 Å². The van der Waals surface area contributed by atoms with Crippen molar-refractivity contribution in [1.29, 1.82) is 0 Å². The zero-order valence-corrected chi connectivity index (χ0v) is 15.3. The van der Waals surface area contributed by atoms with E-state index in [9.17, 15) is 0 Å². The standard InChI is InChI=1S/C22H23N5/c1-2-7-20-19(6-1)22(17-27(20)21-24-11-4-12-25-21)8-13-26(14-9-22)16-18-5-3-10-23-15-18/h1-7,10-12,15H,8-9,13-14,16-17H2. The van der Waals surface area contributed by atoms with E-state index in [-0.39, 0.29) is 5.41 Å². The molecule has 136 valence electrons. The van der Waals surface area contributed by atoms with Crippen LogP contribution in [0.15, 0.2) is 67.3 Å². The molecule has 1 aromatic carbocycles. The molecule has 4 heterocycles. The molecule has 0 atom stereocenters. The fourth-order valence-electron chi connectivity index (χ4n) is 4.56. The average molecular weight is 357 g/mol. The van der Waals surface area contributed by atoms with Crippen LogP contribution >= 0.6 is 0 Å². The number of pyridine rings is 1. The minimum absolute atomic E-state index is 0.196. The Morgan fingerprint density at radius 1 is 0.889 bits per heavy atom. The van der Waals surface area contributed by atoms with Gasteiger partial charge in [0.05, 0.1) is 0 Å². The molecule has 0 radical (unpaired) electrons. The third-order valence-corrected chi connectivity index (χ3v) is 5.96. The van der Waals surface area contributed by atoms with E-state index < -0.39 is 0 Å². The summed E-state index contributed by atoms with van der Waals surface area (Å²) in [6.07, 6.45) is 9.79. The number of para-hydroxylation sites is 1. The fraction of sp³-hybridized carbons (Fsp3) is 0.318. The van der Waals surface area contributed by atoms with Gasteiger partial charge in [-0.2, -0.15) is 0 Å². The second kappa shape index (κ2) is 6.74. The van der Waals surface area contributed by atoms with Crippen LogP contribution in [0.4, 0.5) is 11.6 Å². The van der Waals surface area contributed by atoms with Gasteiger partial charge in [0, 0.05) is 49.0 Å². The predicted octanol–water partition coefficient (Wildman–Crippen LogP) is 3.56. The first-order valence-electron chi connectivity index (χ1n) is 9.59. The maximum atomic E-state index is 4.51. The summed E-state index contributed by atoms with van der Waals surface area (Å²) in [6.45, 7) is 4.16. The number of benzene rings is 1. The van der Waals surface area contributed by atoms with Crippen LogP contribution in [0.2, 0.25) is 0 Å². The largest absolute Gasteiger partial charge is 0.309 e. The summed E-state index contributed by atoms with van der Waals surface area (Å²) in [4.78, 5) is 18.1. The Balaban J connectivity index is 1.38. The van der Waals surface area contributed by atoms with Crippen LogP contribution in [0, 0.1) is 0 Å². The number of hydrogen-bond acceptors (Lipinski definition) is 5. The quantitative estimate of drug-likeness (QED) is 0.717. The summed E-state index contributed by atoms with van der Waals surface area (Å²) in [5.74, 6) is 0.805. The second-order valence-corrected chi connectivity index (χ2v) is 7.57. The summed E-state index contributed by atoms with van der Waals surface area (Å²) in [6, 6.07) is 14.8. The smallest absolute Gasteiger partial charge is 0.229 e. The van der Waals surface area contributed by atoms with Crippen molar-refractivity contribution < 1.29 is 0 Å². The number of piperidine rings is 1. The van der Waals surface area contributed by atoms with Crippen molar-refractivity contribution in [2.24, 2.45) is 0 Å². The Morgan fingerprint density at radius 2 is 1.70 bits per heavy atom. The van der Waals surface area contributed by atoms with Gasteiger partial charge in [-0.1, -0.05) is 24.3 Å². The molecule has 2 aliphatic heterocycles. The SMILES string of the molecule is c1cnc(N2CC3(CCN(Cc4cccnc4)CC3)c3ccccc32)nc1. The molecule has 0 amide bonds. The first-order chi connectivity index (χ1) is 13.3. The number of anilines is 2. The van der Waals surface area contributed by atoms with Gasteiger partial charge in [-0.05, 0) is 55.3 Å². The molecule has 0 N–H and O–H groups in total. The molecule has 0 saturated carbocycles. The molecule has 5 heteroatoms. The zero-order valence-electron chi connectivity index (χ0n) is 15.3. The van der Waals surface area contributed by atoms with Crippen molar-refractivity contribution in [3.8, 4) is 0 Å². The molecule has 0 bridgehead atoms. The number of hydrogen-bond donors (Lipinski definition) is 0. The van der Waals surface area contributed by atoms with E-state index in [2.05, 4.69) is 55.1 Å². The van der Waals surface area contributed by atoms with Crippen LogP contribution in [0.3, 0.4) is 0 Å². The van der Waals surface area contributed by atoms with Crippen LogP contribution in [-0.4, -0.2) is 39.5 Å². The molecule has 1 spiro atoms. The van der Waals surface area contributed by atoms with Crippen molar-refractivity contribution in [2.75, 3.05) is 24.5 Å². The normalized spacial score (nSPS) is 18.6. The molecule has 27 heavy (non-hydrogen) atoms. The first kappa shape index (κ1) is 16.4. The maximum absolute atomic E-state index is 4.51. The molecule has 3 aromatic rings. The number of nitrogens with zero attached hydrogens (tertiary/aromatic N) is 5. The van der Waals surface area contributed by atoms with E-state index in [0.29, 0.717) is 0 Å². The molecule has 1 fully saturated rings. The Hall–Kier alpha value is -2.79. The predicted molar refractivity (Wildman–Crippen MR) is 106 cm³/mol. The lowest BCUT2D eigenvalue weighted by Crippen LogP contribution is -2.44. The van der Waals surface area contributed by atoms with Crippen molar-refractivity contribution in [3.63, 3.8) is 0 Å². The molecule has 5 nitrogen and oxygen atoms in total. The Kier molecular flexibility index (Phi) is 4.09. The summed E-state index contributed by atoms with van der Waals surface area (Å²) in [5, 5.41) is 0. The lowest BCUT2D eigenvalue weighted by atomic mass is 9.74. The third-order valence-electron chi connectivity index (χ3n) is 5.96. The molecule has 5 rings (SSSR count). The topological polar surface area (TPSA) is 45.2 Å². The van der Waals surface area contributed by atoms with E-state index in [1.807, 2.05) is 36.9 Å². The van der Waals surface area contributed by atoms with Crippen molar-refractivity contribution in [1.82, 2.24) is 19.9 Å². The van der Waals surface area contributed by atoms with Gasteiger partial charge in [0.15, 0.2) is 0 Å². The van der Waals surface area contributed by atoms with E-state index in [1.54, 1.807) is 0 Å². The van der Waals surface area contributed by atoms with Crippen LogP contribution in [0.1, 0.15) is 24.0 Å². The first-order valence-corrected chi connectivity index (χ1v) is 9.59. The Bertz CT molecular complexity index is 904. The maximum Gasteiger partial charge on any atom is 0.229 e. The summed E-state index contributed by atoms with van der Waals surface area (Å²) < 4.78 is 0. The highest BCUT2D eigenvalue weighted by atomic mass is 15.3. The highest BCUT2D eigenvalue weighted by Gasteiger charge is 2.45. The number of rotatable bonds is 3. The second-order valence-electron chi connectivity index (χ2n) is 7.57. The van der Waals surface area contributed by atoms with Gasteiger partial charge in [0.25, 0.3) is 0 Å². The average Bonchev–Trinajstić information content (AvgIpc) is 3.06. The number of likely N-dealkylation sites (tertiary alicyclic amines) is 1. The molecule has 1 saturated heterocycles. The van der Waals surface area contributed by atoms with E-state index in [1.165, 1.54) is 16.8 Å². The molecule has 0 aliphatic carbocycles. The summed E-state index contributed by atoms with van der Waals surface area (Å²) >= 11 is 0. The molecule has 2 aromatic heterocycles. The highest BCUT2D eigenvalue weighted by Crippen LogP contribution is 2.48. The lowest BCUT2D eigenvalue weighted by molar-refractivity contribution is 0.160. The highest BCUT2D eigenvalue weighted by molar-refractivity contribution is 5.69.